The lowest BCUT2D eigenvalue weighted by Crippen LogP contribution is -2.39. The highest BCUT2D eigenvalue weighted by atomic mass is 16.4. The van der Waals surface area contributed by atoms with E-state index in [9.17, 15) is 9.90 Å². The van der Waals surface area contributed by atoms with Crippen LogP contribution in [0.2, 0.25) is 0 Å². The van der Waals surface area contributed by atoms with Gasteiger partial charge in [0.05, 0.1) is 13.0 Å². The van der Waals surface area contributed by atoms with Crippen LogP contribution in [-0.4, -0.2) is 17.6 Å². The topological polar surface area (TPSA) is 62.5 Å². The largest absolute Gasteiger partial charge is 0.463 e. The van der Waals surface area contributed by atoms with Crippen LogP contribution in [0.3, 0.4) is 0 Å². The molecule has 1 heterocycles. The molecular formula is C20H21NO3. The minimum Gasteiger partial charge on any atom is -0.463 e. The summed E-state index contributed by atoms with van der Waals surface area (Å²) in [6.07, 6.45) is 0.272. The fourth-order valence-electron chi connectivity index (χ4n) is 2.76. The Balaban J connectivity index is 1.67. The number of nitrogens with one attached hydrogen (secondary N) is 1. The summed E-state index contributed by atoms with van der Waals surface area (Å²) in [6.45, 7) is 3.55. The van der Waals surface area contributed by atoms with Crippen LogP contribution in [0, 0.1) is 6.92 Å². The smallest absolute Gasteiger partial charge is 0.224 e. The molecule has 0 radical (unpaired) electrons. The Morgan fingerprint density at radius 1 is 1.12 bits per heavy atom. The predicted octanol–water partition coefficient (Wildman–Crippen LogP) is 3.31. The van der Waals surface area contributed by atoms with E-state index in [1.165, 1.54) is 0 Å². The fourth-order valence-corrected chi connectivity index (χ4v) is 2.76. The average Bonchev–Trinajstić information content (AvgIpc) is 3.01. The van der Waals surface area contributed by atoms with Crippen molar-refractivity contribution in [3.63, 3.8) is 0 Å². The van der Waals surface area contributed by atoms with Crippen molar-refractivity contribution in [2.75, 3.05) is 6.54 Å². The van der Waals surface area contributed by atoms with E-state index < -0.39 is 5.60 Å². The van der Waals surface area contributed by atoms with Gasteiger partial charge in [0.1, 0.15) is 17.1 Å². The van der Waals surface area contributed by atoms with E-state index in [4.69, 9.17) is 4.42 Å². The zero-order valence-electron chi connectivity index (χ0n) is 13.9. The highest BCUT2D eigenvalue weighted by Crippen LogP contribution is 2.22. The van der Waals surface area contributed by atoms with Gasteiger partial charge in [0.2, 0.25) is 5.91 Å². The molecule has 3 rings (SSSR count). The third-order valence-electron chi connectivity index (χ3n) is 4.13. The van der Waals surface area contributed by atoms with Gasteiger partial charge in [-0.15, -0.1) is 0 Å². The summed E-state index contributed by atoms with van der Waals surface area (Å²) in [7, 11) is 0. The third kappa shape index (κ3) is 3.49. The Hall–Kier alpha value is -2.59. The summed E-state index contributed by atoms with van der Waals surface area (Å²) >= 11 is 0. The molecule has 2 N–H and O–H groups in total. The molecule has 4 nitrogen and oxygen atoms in total. The van der Waals surface area contributed by atoms with Gasteiger partial charge >= 0.3 is 0 Å². The molecule has 2 aromatic carbocycles. The molecule has 0 saturated carbocycles. The van der Waals surface area contributed by atoms with E-state index in [1.54, 1.807) is 19.1 Å². The van der Waals surface area contributed by atoms with E-state index in [-0.39, 0.29) is 18.9 Å². The van der Waals surface area contributed by atoms with Gasteiger partial charge in [-0.25, -0.2) is 0 Å². The Bertz CT molecular complexity index is 859. The van der Waals surface area contributed by atoms with Crippen LogP contribution in [0.5, 0.6) is 0 Å². The van der Waals surface area contributed by atoms with E-state index in [2.05, 4.69) is 5.32 Å². The molecule has 0 fully saturated rings. The first-order valence-electron chi connectivity index (χ1n) is 7.98. The minimum atomic E-state index is -1.23. The number of aryl methyl sites for hydroxylation is 1. The lowest BCUT2D eigenvalue weighted by molar-refractivity contribution is -0.121. The van der Waals surface area contributed by atoms with Gasteiger partial charge in [0, 0.05) is 0 Å². The summed E-state index contributed by atoms with van der Waals surface area (Å²) in [5.74, 6) is 1.05. The first-order valence-corrected chi connectivity index (χ1v) is 7.98. The van der Waals surface area contributed by atoms with Crippen LogP contribution < -0.4 is 5.32 Å². The maximum absolute atomic E-state index is 12.3. The number of hydrogen-bond donors (Lipinski definition) is 2. The second kappa shape index (κ2) is 6.49. The van der Waals surface area contributed by atoms with Crippen LogP contribution in [0.25, 0.3) is 10.8 Å². The molecule has 1 unspecified atom stereocenters. The van der Waals surface area contributed by atoms with E-state index in [0.717, 1.165) is 22.1 Å². The monoisotopic (exact) mass is 323 g/mol. The second-order valence-corrected chi connectivity index (χ2v) is 6.28. The zero-order chi connectivity index (χ0) is 17.2. The molecule has 1 amide bonds. The van der Waals surface area contributed by atoms with Crippen molar-refractivity contribution < 1.29 is 14.3 Å². The molecule has 0 aliphatic heterocycles. The van der Waals surface area contributed by atoms with Crippen LogP contribution in [-0.2, 0) is 16.8 Å². The van der Waals surface area contributed by atoms with Gasteiger partial charge in [-0.05, 0) is 42.3 Å². The molecule has 1 aromatic heterocycles. The van der Waals surface area contributed by atoms with Gasteiger partial charge in [0.15, 0.2) is 0 Å². The molecular weight excluding hydrogens is 302 g/mol. The van der Waals surface area contributed by atoms with Crippen molar-refractivity contribution in [2.24, 2.45) is 0 Å². The Morgan fingerprint density at radius 3 is 2.62 bits per heavy atom. The Kier molecular flexibility index (Phi) is 4.40. The number of amides is 1. The summed E-state index contributed by atoms with van der Waals surface area (Å²) < 4.78 is 5.46. The van der Waals surface area contributed by atoms with E-state index >= 15 is 0 Å². The first-order chi connectivity index (χ1) is 11.5. The summed E-state index contributed by atoms with van der Waals surface area (Å²) in [6, 6.07) is 17.4. The third-order valence-corrected chi connectivity index (χ3v) is 4.13. The van der Waals surface area contributed by atoms with Crippen LogP contribution >= 0.6 is 0 Å². The van der Waals surface area contributed by atoms with Crippen molar-refractivity contribution in [2.45, 2.75) is 25.9 Å². The van der Waals surface area contributed by atoms with Gasteiger partial charge in [-0.2, -0.15) is 0 Å². The molecule has 24 heavy (non-hydrogen) atoms. The number of rotatable bonds is 5. The molecule has 0 aliphatic rings. The van der Waals surface area contributed by atoms with Gasteiger partial charge in [0.25, 0.3) is 0 Å². The number of carbonyl (C=O) groups is 1. The van der Waals surface area contributed by atoms with Crippen molar-refractivity contribution in [3.05, 3.63) is 71.7 Å². The average molecular weight is 323 g/mol. The second-order valence-electron chi connectivity index (χ2n) is 6.28. The van der Waals surface area contributed by atoms with E-state index in [1.807, 2.05) is 49.4 Å². The number of benzene rings is 2. The van der Waals surface area contributed by atoms with Gasteiger partial charge < -0.3 is 14.8 Å². The number of hydrogen-bond acceptors (Lipinski definition) is 3. The van der Waals surface area contributed by atoms with E-state index in [0.29, 0.717) is 5.76 Å². The number of aliphatic hydroxyl groups is 1. The molecule has 3 aromatic rings. The summed E-state index contributed by atoms with van der Waals surface area (Å²) in [4.78, 5) is 12.3. The zero-order valence-corrected chi connectivity index (χ0v) is 13.9. The molecule has 124 valence electrons. The highest BCUT2D eigenvalue weighted by Gasteiger charge is 2.27. The summed E-state index contributed by atoms with van der Waals surface area (Å²) in [5, 5.41) is 15.5. The number of fused-ring (bicyclic) bond motifs is 1. The molecule has 0 spiro atoms. The van der Waals surface area contributed by atoms with Crippen LogP contribution in [0.1, 0.15) is 24.0 Å². The fraction of sp³-hybridized carbons (Fsp3) is 0.250. The molecule has 1 atom stereocenters. The normalized spacial score (nSPS) is 13.6. The molecule has 0 bridgehead atoms. The van der Waals surface area contributed by atoms with Gasteiger partial charge in [-0.1, -0.05) is 42.5 Å². The first kappa shape index (κ1) is 16.3. The maximum atomic E-state index is 12.3. The SMILES string of the molecule is Cc1ccc(C(C)(O)CNC(=O)Cc2cccc3ccccc23)o1. The molecule has 4 heteroatoms. The van der Waals surface area contributed by atoms with Crippen LogP contribution in [0.4, 0.5) is 0 Å². The maximum Gasteiger partial charge on any atom is 0.224 e. The Labute approximate surface area is 141 Å². The Morgan fingerprint density at radius 2 is 1.88 bits per heavy atom. The standard InChI is InChI=1S/C20H21NO3/c1-14-10-11-18(24-14)20(2,23)13-21-19(22)12-16-8-5-7-15-6-3-4-9-17(15)16/h3-11,23H,12-13H2,1-2H3,(H,21,22). The lowest BCUT2D eigenvalue weighted by atomic mass is 10.0. The molecule has 0 saturated heterocycles. The number of furan rings is 1. The predicted molar refractivity (Wildman–Crippen MR) is 93.7 cm³/mol. The van der Waals surface area contributed by atoms with Crippen molar-refractivity contribution in [1.29, 1.82) is 0 Å². The lowest BCUT2D eigenvalue weighted by Gasteiger charge is -2.21. The molecule has 0 aliphatic carbocycles. The quantitative estimate of drug-likeness (QED) is 0.757. The van der Waals surface area contributed by atoms with Crippen molar-refractivity contribution in [1.82, 2.24) is 5.32 Å². The van der Waals surface area contributed by atoms with Crippen LogP contribution in [0.15, 0.2) is 59.0 Å². The minimum absolute atomic E-state index is 0.101. The highest BCUT2D eigenvalue weighted by molar-refractivity contribution is 5.90. The van der Waals surface area contributed by atoms with Gasteiger partial charge in [-0.3, -0.25) is 4.79 Å². The summed E-state index contributed by atoms with van der Waals surface area (Å²) in [5.41, 5.74) is -0.262. The number of carbonyl (C=O) groups excluding carboxylic acids is 1. The van der Waals surface area contributed by atoms with Crippen molar-refractivity contribution >= 4 is 16.7 Å². The van der Waals surface area contributed by atoms with Crippen molar-refractivity contribution in [3.8, 4) is 0 Å².